The number of hydrogen-bond donors (Lipinski definition) is 1. The summed E-state index contributed by atoms with van der Waals surface area (Å²) in [5.41, 5.74) is 1.46. The van der Waals surface area contributed by atoms with Crippen LogP contribution in [0.4, 0.5) is 11.4 Å². The van der Waals surface area contributed by atoms with Gasteiger partial charge in [-0.3, -0.25) is 9.59 Å². The zero-order valence-electron chi connectivity index (χ0n) is 14.9. The van der Waals surface area contributed by atoms with Crippen molar-refractivity contribution in [3.05, 3.63) is 42.5 Å². The zero-order chi connectivity index (χ0) is 18.8. The second-order valence-electron chi connectivity index (χ2n) is 6.45. The summed E-state index contributed by atoms with van der Waals surface area (Å²) in [5, 5.41) is 2.91. The van der Waals surface area contributed by atoms with Crippen molar-refractivity contribution in [3.8, 4) is 11.5 Å². The van der Waals surface area contributed by atoms with Gasteiger partial charge in [-0.1, -0.05) is 0 Å². The van der Waals surface area contributed by atoms with Crippen LogP contribution in [-0.2, 0) is 9.59 Å². The largest absolute Gasteiger partial charge is 0.486 e. The Morgan fingerprint density at radius 1 is 1.11 bits per heavy atom. The van der Waals surface area contributed by atoms with Crippen LogP contribution in [0.25, 0.3) is 0 Å². The van der Waals surface area contributed by atoms with Crippen molar-refractivity contribution in [3.63, 3.8) is 0 Å². The van der Waals surface area contributed by atoms with Crippen LogP contribution in [0, 0.1) is 5.92 Å². The van der Waals surface area contributed by atoms with Crippen molar-refractivity contribution in [2.75, 3.05) is 36.2 Å². The number of nitrogens with zero attached hydrogens (tertiary/aromatic N) is 1. The maximum atomic E-state index is 12.6. The van der Waals surface area contributed by atoms with Gasteiger partial charge >= 0.3 is 0 Å². The summed E-state index contributed by atoms with van der Waals surface area (Å²) < 4.78 is 11.1. The quantitative estimate of drug-likeness (QED) is 0.820. The van der Waals surface area contributed by atoms with Crippen molar-refractivity contribution in [1.82, 2.24) is 0 Å². The molecule has 2 aromatic rings. The van der Waals surface area contributed by atoms with Crippen molar-refractivity contribution >= 4 is 35.0 Å². The summed E-state index contributed by atoms with van der Waals surface area (Å²) in [6.45, 7) is 1.37. The van der Waals surface area contributed by atoms with E-state index in [1.807, 2.05) is 36.6 Å². The van der Waals surface area contributed by atoms with Crippen LogP contribution in [0.1, 0.15) is 6.42 Å². The van der Waals surface area contributed by atoms with Gasteiger partial charge in [-0.05, 0) is 42.7 Å². The molecule has 2 aliphatic heterocycles. The summed E-state index contributed by atoms with van der Waals surface area (Å²) in [4.78, 5) is 27.8. The first-order valence-corrected chi connectivity index (χ1v) is 10.0. The predicted octanol–water partition coefficient (Wildman–Crippen LogP) is 3.17. The SMILES string of the molecule is CSc1ccc(NC(=O)[C@H]2CC(=O)N(c3ccc4c(c3)OCCO4)C2)cc1. The number of thioether (sulfide) groups is 1. The van der Waals surface area contributed by atoms with Crippen LogP contribution in [0.2, 0.25) is 0 Å². The van der Waals surface area contributed by atoms with Crippen molar-refractivity contribution < 1.29 is 19.1 Å². The highest BCUT2D eigenvalue weighted by molar-refractivity contribution is 7.98. The molecular weight excluding hydrogens is 364 g/mol. The van der Waals surface area contributed by atoms with Crippen molar-refractivity contribution in [2.24, 2.45) is 5.92 Å². The molecule has 1 saturated heterocycles. The number of amides is 2. The topological polar surface area (TPSA) is 67.9 Å². The molecule has 2 aromatic carbocycles. The summed E-state index contributed by atoms with van der Waals surface area (Å²) in [6, 6.07) is 13.1. The highest BCUT2D eigenvalue weighted by Gasteiger charge is 2.35. The van der Waals surface area contributed by atoms with Crippen LogP contribution in [0.5, 0.6) is 11.5 Å². The average Bonchev–Trinajstić information content (AvgIpc) is 3.10. The Morgan fingerprint density at radius 2 is 1.85 bits per heavy atom. The normalized spacial score (nSPS) is 18.5. The van der Waals surface area contributed by atoms with Gasteiger partial charge in [0.25, 0.3) is 0 Å². The van der Waals surface area contributed by atoms with Crippen LogP contribution in [-0.4, -0.2) is 37.8 Å². The third kappa shape index (κ3) is 3.73. The number of rotatable bonds is 4. The maximum absolute atomic E-state index is 12.6. The second kappa shape index (κ2) is 7.52. The van der Waals surface area contributed by atoms with Gasteiger partial charge < -0.3 is 19.7 Å². The first-order valence-electron chi connectivity index (χ1n) is 8.79. The molecule has 2 heterocycles. The molecule has 0 radical (unpaired) electrons. The smallest absolute Gasteiger partial charge is 0.229 e. The number of ether oxygens (including phenoxy) is 2. The Labute approximate surface area is 161 Å². The standard InChI is InChI=1S/C20H20N2O4S/c1-27-16-5-2-14(3-6-16)21-20(24)13-10-19(23)22(12-13)15-4-7-17-18(11-15)26-9-8-25-17/h2-7,11,13H,8-10,12H2,1H3,(H,21,24)/t13-/m0/s1. The Morgan fingerprint density at radius 3 is 2.59 bits per heavy atom. The minimum absolute atomic E-state index is 0.0652. The van der Waals surface area contributed by atoms with E-state index in [1.165, 1.54) is 0 Å². The molecule has 1 N–H and O–H groups in total. The Balaban J connectivity index is 1.44. The molecule has 7 heteroatoms. The Kier molecular flexibility index (Phi) is 4.94. The van der Waals surface area contributed by atoms with Gasteiger partial charge in [0.1, 0.15) is 13.2 Å². The predicted molar refractivity (Wildman–Crippen MR) is 105 cm³/mol. The van der Waals surface area contributed by atoms with E-state index < -0.39 is 0 Å². The second-order valence-corrected chi connectivity index (χ2v) is 7.33. The first kappa shape index (κ1) is 17.7. The van der Waals surface area contributed by atoms with E-state index in [-0.39, 0.29) is 24.2 Å². The number of carbonyl (C=O) groups excluding carboxylic acids is 2. The monoisotopic (exact) mass is 384 g/mol. The molecule has 27 heavy (non-hydrogen) atoms. The molecular formula is C20H20N2O4S. The number of carbonyl (C=O) groups is 2. The van der Waals surface area contributed by atoms with Gasteiger partial charge in [0.15, 0.2) is 11.5 Å². The molecule has 2 aliphatic rings. The Bertz CT molecular complexity index is 869. The molecule has 1 fully saturated rings. The zero-order valence-corrected chi connectivity index (χ0v) is 15.8. The number of benzene rings is 2. The molecule has 4 rings (SSSR count). The third-order valence-electron chi connectivity index (χ3n) is 4.69. The molecule has 0 unspecified atom stereocenters. The van der Waals surface area contributed by atoms with E-state index in [1.54, 1.807) is 28.8 Å². The lowest BCUT2D eigenvalue weighted by Gasteiger charge is -2.22. The van der Waals surface area contributed by atoms with E-state index in [9.17, 15) is 9.59 Å². The average molecular weight is 384 g/mol. The lowest BCUT2D eigenvalue weighted by molar-refractivity contribution is -0.122. The van der Waals surface area contributed by atoms with Crippen LogP contribution in [0.15, 0.2) is 47.4 Å². The van der Waals surface area contributed by atoms with E-state index in [4.69, 9.17) is 9.47 Å². The molecule has 0 spiro atoms. The molecule has 2 amide bonds. The molecule has 0 saturated carbocycles. The molecule has 0 aromatic heterocycles. The summed E-state index contributed by atoms with van der Waals surface area (Å²) in [5.74, 6) is 0.726. The van der Waals surface area contributed by atoms with E-state index in [0.717, 1.165) is 16.3 Å². The van der Waals surface area contributed by atoms with E-state index in [0.29, 0.717) is 31.3 Å². The van der Waals surface area contributed by atoms with Crippen molar-refractivity contribution in [2.45, 2.75) is 11.3 Å². The highest BCUT2D eigenvalue weighted by atomic mass is 32.2. The third-order valence-corrected chi connectivity index (χ3v) is 5.43. The van der Waals surface area contributed by atoms with Crippen LogP contribution >= 0.6 is 11.8 Å². The van der Waals surface area contributed by atoms with Gasteiger partial charge in [0.2, 0.25) is 11.8 Å². The van der Waals surface area contributed by atoms with Gasteiger partial charge in [-0.15, -0.1) is 11.8 Å². The fraction of sp³-hybridized carbons (Fsp3) is 0.300. The fourth-order valence-electron chi connectivity index (χ4n) is 3.25. The van der Waals surface area contributed by atoms with Crippen molar-refractivity contribution in [1.29, 1.82) is 0 Å². The lowest BCUT2D eigenvalue weighted by Crippen LogP contribution is -2.28. The van der Waals surface area contributed by atoms with Crippen LogP contribution < -0.4 is 19.7 Å². The summed E-state index contributed by atoms with van der Waals surface area (Å²) in [6.07, 6.45) is 2.20. The number of fused-ring (bicyclic) bond motifs is 1. The van der Waals surface area contributed by atoms with E-state index >= 15 is 0 Å². The first-order chi connectivity index (χ1) is 13.1. The summed E-state index contributed by atoms with van der Waals surface area (Å²) >= 11 is 1.65. The molecule has 6 nitrogen and oxygen atoms in total. The molecule has 0 bridgehead atoms. The molecule has 0 aliphatic carbocycles. The minimum atomic E-state index is -0.383. The highest BCUT2D eigenvalue weighted by Crippen LogP contribution is 2.36. The maximum Gasteiger partial charge on any atom is 0.229 e. The molecule has 140 valence electrons. The van der Waals surface area contributed by atoms with E-state index in [2.05, 4.69) is 5.32 Å². The number of hydrogen-bond acceptors (Lipinski definition) is 5. The van der Waals surface area contributed by atoms with Gasteiger partial charge in [-0.2, -0.15) is 0 Å². The lowest BCUT2D eigenvalue weighted by atomic mass is 10.1. The van der Waals surface area contributed by atoms with Gasteiger partial charge in [0, 0.05) is 35.3 Å². The molecule has 1 atom stereocenters. The summed E-state index contributed by atoms with van der Waals surface area (Å²) in [7, 11) is 0. The Hall–Kier alpha value is -2.67. The van der Waals surface area contributed by atoms with Gasteiger partial charge in [-0.25, -0.2) is 0 Å². The van der Waals surface area contributed by atoms with Crippen LogP contribution in [0.3, 0.4) is 0 Å². The fourth-order valence-corrected chi connectivity index (χ4v) is 3.66. The number of nitrogens with one attached hydrogen (secondary N) is 1. The van der Waals surface area contributed by atoms with Gasteiger partial charge in [0.05, 0.1) is 5.92 Å². The minimum Gasteiger partial charge on any atom is -0.486 e. The number of anilines is 2.